The normalized spacial score (nSPS) is 13.5. The van der Waals surface area contributed by atoms with Gasteiger partial charge in [-0.2, -0.15) is 0 Å². The number of nitrogens with one attached hydrogen (secondary N) is 2. The van der Waals surface area contributed by atoms with Crippen molar-refractivity contribution < 1.29 is 19.5 Å². The fraction of sp³-hybridized carbons (Fsp3) is 0.769. The second-order valence-electron chi connectivity index (χ2n) is 5.03. The van der Waals surface area contributed by atoms with Gasteiger partial charge in [0.25, 0.3) is 0 Å². The molecule has 0 aromatic carbocycles. The van der Waals surface area contributed by atoms with E-state index in [1.165, 1.54) is 0 Å². The molecular formula is C13H26N4O4. The lowest BCUT2D eigenvalue weighted by molar-refractivity contribution is -0.139. The molecular weight excluding hydrogens is 276 g/mol. The third-order valence-corrected chi connectivity index (χ3v) is 3.38. The van der Waals surface area contributed by atoms with Crippen molar-refractivity contribution in [1.29, 1.82) is 0 Å². The minimum Gasteiger partial charge on any atom is -0.480 e. The Bertz CT molecular complexity index is 362. The first-order valence-corrected chi connectivity index (χ1v) is 7.03. The predicted molar refractivity (Wildman–Crippen MR) is 78.8 cm³/mol. The zero-order valence-electron chi connectivity index (χ0n) is 12.9. The highest BCUT2D eigenvalue weighted by Crippen LogP contribution is 1.99. The maximum absolute atomic E-state index is 11.6. The summed E-state index contributed by atoms with van der Waals surface area (Å²) < 4.78 is 0. The number of carboxylic acid groups (broad SMARTS) is 1. The largest absolute Gasteiger partial charge is 0.480 e. The van der Waals surface area contributed by atoms with Gasteiger partial charge in [0.05, 0.1) is 0 Å². The van der Waals surface area contributed by atoms with Crippen molar-refractivity contribution in [2.45, 2.75) is 45.2 Å². The fourth-order valence-electron chi connectivity index (χ4n) is 1.63. The smallest absolute Gasteiger partial charge is 0.326 e. The van der Waals surface area contributed by atoms with Crippen LogP contribution in [0.15, 0.2) is 0 Å². The van der Waals surface area contributed by atoms with Crippen molar-refractivity contribution in [2.24, 2.45) is 5.73 Å². The summed E-state index contributed by atoms with van der Waals surface area (Å²) in [6, 6.07) is -1.27. The summed E-state index contributed by atoms with van der Waals surface area (Å²) in [6.07, 6.45) is 0.899. The molecule has 122 valence electrons. The molecule has 5 N–H and O–H groups in total. The van der Waals surface area contributed by atoms with Crippen molar-refractivity contribution in [3.8, 4) is 0 Å². The molecule has 0 heterocycles. The van der Waals surface area contributed by atoms with Crippen LogP contribution in [0.2, 0.25) is 0 Å². The maximum atomic E-state index is 11.6. The van der Waals surface area contributed by atoms with E-state index < -0.39 is 23.9 Å². The Morgan fingerprint density at radius 3 is 2.43 bits per heavy atom. The quantitative estimate of drug-likeness (QED) is 0.442. The Kier molecular flexibility index (Phi) is 9.11. The van der Waals surface area contributed by atoms with Crippen LogP contribution >= 0.6 is 0 Å². The summed E-state index contributed by atoms with van der Waals surface area (Å²) in [4.78, 5) is 35.3. The van der Waals surface area contributed by atoms with E-state index in [0.717, 1.165) is 6.42 Å². The average molecular weight is 302 g/mol. The summed E-state index contributed by atoms with van der Waals surface area (Å²) >= 11 is 0. The molecule has 8 nitrogen and oxygen atoms in total. The number of primary amides is 1. The molecule has 0 saturated heterocycles. The number of likely N-dealkylation sites (N-methyl/N-ethyl adjacent to an activating group) is 1. The molecule has 0 fully saturated rings. The summed E-state index contributed by atoms with van der Waals surface area (Å²) in [5.41, 5.74) is 4.96. The zero-order valence-corrected chi connectivity index (χ0v) is 12.9. The SMILES string of the molecule is CCC(C)N(C)CCNC(=O)NC(CCC(N)=O)C(=O)O. The first kappa shape index (κ1) is 19.2. The molecule has 0 aliphatic heterocycles. The molecule has 21 heavy (non-hydrogen) atoms. The van der Waals surface area contributed by atoms with E-state index in [9.17, 15) is 14.4 Å². The van der Waals surface area contributed by atoms with Crippen LogP contribution in [-0.2, 0) is 9.59 Å². The molecule has 0 radical (unpaired) electrons. The molecule has 0 aromatic rings. The van der Waals surface area contributed by atoms with E-state index in [0.29, 0.717) is 19.1 Å². The predicted octanol–water partition coefficient (Wildman–Crippen LogP) is -0.265. The number of aliphatic carboxylic acids is 1. The lowest BCUT2D eigenvalue weighted by atomic mass is 10.1. The number of hydrogen-bond acceptors (Lipinski definition) is 4. The van der Waals surface area contributed by atoms with E-state index in [1.54, 1.807) is 0 Å². The first-order valence-electron chi connectivity index (χ1n) is 7.03. The van der Waals surface area contributed by atoms with Crippen molar-refractivity contribution in [3.63, 3.8) is 0 Å². The van der Waals surface area contributed by atoms with Crippen LogP contribution in [0.1, 0.15) is 33.1 Å². The van der Waals surface area contributed by atoms with Crippen molar-refractivity contribution in [1.82, 2.24) is 15.5 Å². The summed E-state index contributed by atoms with van der Waals surface area (Å²) in [5, 5.41) is 13.9. The monoisotopic (exact) mass is 302 g/mol. The number of amides is 3. The van der Waals surface area contributed by atoms with E-state index in [-0.39, 0.29) is 12.8 Å². The summed E-state index contributed by atoms with van der Waals surface area (Å²) in [7, 11) is 1.96. The molecule has 0 aliphatic rings. The molecule has 0 aromatic heterocycles. The Labute approximate surface area is 125 Å². The van der Waals surface area contributed by atoms with Gasteiger partial charge < -0.3 is 26.4 Å². The molecule has 0 aliphatic carbocycles. The lowest BCUT2D eigenvalue weighted by Gasteiger charge is -2.23. The number of urea groups is 1. The highest BCUT2D eigenvalue weighted by molar-refractivity contribution is 5.83. The van der Waals surface area contributed by atoms with Crippen molar-refractivity contribution in [2.75, 3.05) is 20.1 Å². The molecule has 8 heteroatoms. The van der Waals surface area contributed by atoms with E-state index in [2.05, 4.69) is 29.4 Å². The van der Waals surface area contributed by atoms with Gasteiger partial charge in [-0.05, 0) is 26.8 Å². The molecule has 0 rings (SSSR count). The number of nitrogens with two attached hydrogens (primary N) is 1. The summed E-state index contributed by atoms with van der Waals surface area (Å²) in [6.45, 7) is 5.25. The number of rotatable bonds is 10. The molecule has 0 bridgehead atoms. The van der Waals surface area contributed by atoms with Crippen LogP contribution in [-0.4, -0.2) is 60.1 Å². The van der Waals surface area contributed by atoms with Gasteiger partial charge in [-0.25, -0.2) is 9.59 Å². The van der Waals surface area contributed by atoms with Crippen molar-refractivity contribution in [3.05, 3.63) is 0 Å². The van der Waals surface area contributed by atoms with Gasteiger partial charge in [-0.1, -0.05) is 6.92 Å². The number of carbonyl (C=O) groups is 3. The topological polar surface area (TPSA) is 125 Å². The number of carboxylic acids is 1. The third-order valence-electron chi connectivity index (χ3n) is 3.38. The molecule has 2 unspecified atom stereocenters. The van der Waals surface area contributed by atoms with E-state index in [4.69, 9.17) is 10.8 Å². The third kappa shape index (κ3) is 8.85. The highest BCUT2D eigenvalue weighted by Gasteiger charge is 2.20. The van der Waals surface area contributed by atoms with Crippen molar-refractivity contribution >= 4 is 17.9 Å². The fourth-order valence-corrected chi connectivity index (χ4v) is 1.63. The standard InChI is InChI=1S/C13H26N4O4/c1-4-9(2)17(3)8-7-15-13(21)16-10(12(19)20)5-6-11(14)18/h9-10H,4-8H2,1-3H3,(H2,14,18)(H,19,20)(H2,15,16,21). The average Bonchev–Trinajstić information content (AvgIpc) is 2.41. The minimum absolute atomic E-state index is 0.0230. The number of nitrogens with zero attached hydrogens (tertiary/aromatic N) is 1. The van der Waals surface area contributed by atoms with Crippen LogP contribution < -0.4 is 16.4 Å². The molecule has 2 atom stereocenters. The van der Waals surface area contributed by atoms with E-state index >= 15 is 0 Å². The minimum atomic E-state index is -1.19. The lowest BCUT2D eigenvalue weighted by Crippen LogP contribution is -2.48. The Morgan fingerprint density at radius 2 is 1.95 bits per heavy atom. The second-order valence-corrected chi connectivity index (χ2v) is 5.03. The Morgan fingerprint density at radius 1 is 1.33 bits per heavy atom. The van der Waals surface area contributed by atoms with Crippen LogP contribution in [0.25, 0.3) is 0 Å². The first-order chi connectivity index (χ1) is 9.77. The van der Waals surface area contributed by atoms with E-state index in [1.807, 2.05) is 7.05 Å². The van der Waals surface area contributed by atoms with Crippen LogP contribution in [0.3, 0.4) is 0 Å². The van der Waals surface area contributed by atoms with Gasteiger partial charge in [0.15, 0.2) is 0 Å². The van der Waals surface area contributed by atoms with Gasteiger partial charge in [0.2, 0.25) is 5.91 Å². The number of hydrogen-bond donors (Lipinski definition) is 4. The zero-order chi connectivity index (χ0) is 16.4. The highest BCUT2D eigenvalue weighted by atomic mass is 16.4. The van der Waals surface area contributed by atoms with Gasteiger partial charge >= 0.3 is 12.0 Å². The van der Waals surface area contributed by atoms with Gasteiger partial charge in [-0.3, -0.25) is 4.79 Å². The van der Waals surface area contributed by atoms with Gasteiger partial charge in [0, 0.05) is 25.6 Å². The van der Waals surface area contributed by atoms with Crippen LogP contribution in [0.5, 0.6) is 0 Å². The molecule has 0 spiro atoms. The Balaban J connectivity index is 4.09. The van der Waals surface area contributed by atoms with Gasteiger partial charge in [0.1, 0.15) is 6.04 Å². The Hall–Kier alpha value is -1.83. The van der Waals surface area contributed by atoms with Crippen LogP contribution in [0.4, 0.5) is 4.79 Å². The second kappa shape index (κ2) is 9.98. The summed E-state index contributed by atoms with van der Waals surface area (Å²) in [5.74, 6) is -1.79. The molecule has 3 amide bonds. The maximum Gasteiger partial charge on any atom is 0.326 e. The van der Waals surface area contributed by atoms with Gasteiger partial charge in [-0.15, -0.1) is 0 Å². The molecule has 0 saturated carbocycles. The number of carbonyl (C=O) groups excluding carboxylic acids is 2. The van der Waals surface area contributed by atoms with Crippen LogP contribution in [0, 0.1) is 0 Å².